The molecule has 2 atom stereocenters. The minimum Gasteiger partial charge on any atom is -0.478 e. The average molecular weight is 554 g/mol. The zero-order valence-corrected chi connectivity index (χ0v) is 23.8. The number of benzene rings is 2. The third kappa shape index (κ3) is 9.44. The van der Waals surface area contributed by atoms with Crippen molar-refractivity contribution in [1.82, 2.24) is 10.3 Å². The number of carboxylic acids is 1. The number of anilines is 1. The summed E-state index contributed by atoms with van der Waals surface area (Å²) in [4.78, 5) is 25.9. The molecule has 1 amide bonds. The number of aromatic amines is 1. The molecule has 0 saturated heterocycles. The maximum Gasteiger partial charge on any atom is 0.411 e. The third-order valence-corrected chi connectivity index (χ3v) is 7.00. The summed E-state index contributed by atoms with van der Waals surface area (Å²) in [5, 5.41) is 16.9. The number of hydrogen-bond acceptors (Lipinski definition) is 4. The second-order valence-corrected chi connectivity index (χ2v) is 10.4. The van der Waals surface area contributed by atoms with E-state index in [9.17, 15) is 9.59 Å². The number of nitrogens with one attached hydrogen (secondary N) is 3. The summed E-state index contributed by atoms with van der Waals surface area (Å²) in [6, 6.07) is 13.1. The highest BCUT2D eigenvalue weighted by Gasteiger charge is 2.23. The molecule has 0 radical (unpaired) electrons. The number of carbonyl (C=O) groups excluding carboxylic acids is 1. The van der Waals surface area contributed by atoms with E-state index in [1.807, 2.05) is 19.1 Å². The van der Waals surface area contributed by atoms with Gasteiger partial charge in [0.25, 0.3) is 0 Å². The van der Waals surface area contributed by atoms with Crippen molar-refractivity contribution in [3.63, 3.8) is 0 Å². The number of carboxylic acid groups (broad SMARTS) is 1. The van der Waals surface area contributed by atoms with Crippen molar-refractivity contribution in [3.8, 4) is 0 Å². The molecular formula is C31H40ClN3O4. The van der Waals surface area contributed by atoms with E-state index < -0.39 is 5.97 Å². The van der Waals surface area contributed by atoms with Crippen molar-refractivity contribution in [2.75, 3.05) is 11.9 Å². The predicted octanol–water partition coefficient (Wildman–Crippen LogP) is 7.75. The summed E-state index contributed by atoms with van der Waals surface area (Å²) in [6.45, 7) is 6.94. The van der Waals surface area contributed by atoms with Crippen molar-refractivity contribution in [2.45, 2.75) is 77.8 Å². The van der Waals surface area contributed by atoms with Crippen LogP contribution in [0.3, 0.4) is 0 Å². The molecule has 0 fully saturated rings. The van der Waals surface area contributed by atoms with Crippen LogP contribution >= 0.6 is 11.6 Å². The van der Waals surface area contributed by atoms with Crippen molar-refractivity contribution < 1.29 is 19.4 Å². The minimum atomic E-state index is -0.934. The van der Waals surface area contributed by atoms with Gasteiger partial charge in [-0.15, -0.1) is 0 Å². The van der Waals surface area contributed by atoms with Gasteiger partial charge in [0.05, 0.1) is 12.2 Å². The van der Waals surface area contributed by atoms with E-state index in [1.165, 1.54) is 48.0 Å². The van der Waals surface area contributed by atoms with Gasteiger partial charge in [-0.25, -0.2) is 9.59 Å². The number of halogens is 1. The SMILES string of the molecule is CC=CCCCOC(=O)Nc1ccc2[nH]c3c(c2c1)CC(NC(C)CCC)CC3.O=C(O)c1ccc(Cl)cc1. The van der Waals surface area contributed by atoms with Crippen LogP contribution in [0.1, 0.15) is 74.5 Å². The highest BCUT2D eigenvalue weighted by atomic mass is 35.5. The van der Waals surface area contributed by atoms with Crippen LogP contribution < -0.4 is 10.6 Å². The number of aryl methyl sites for hydroxylation is 1. The molecule has 8 heteroatoms. The van der Waals surface area contributed by atoms with Gasteiger partial charge in [0.1, 0.15) is 0 Å². The lowest BCUT2D eigenvalue weighted by atomic mass is 9.90. The Kier molecular flexibility index (Phi) is 11.9. The summed E-state index contributed by atoms with van der Waals surface area (Å²) < 4.78 is 5.28. The molecule has 39 heavy (non-hydrogen) atoms. The largest absolute Gasteiger partial charge is 0.478 e. The smallest absolute Gasteiger partial charge is 0.411 e. The van der Waals surface area contributed by atoms with Crippen LogP contribution in [0, 0.1) is 0 Å². The molecular weight excluding hydrogens is 514 g/mol. The van der Waals surface area contributed by atoms with E-state index in [4.69, 9.17) is 21.4 Å². The molecule has 2 unspecified atom stereocenters. The number of H-pyrrole nitrogens is 1. The number of fused-ring (bicyclic) bond motifs is 3. The monoisotopic (exact) mass is 553 g/mol. The first-order chi connectivity index (χ1) is 18.8. The number of allylic oxidation sites excluding steroid dienone is 2. The van der Waals surface area contributed by atoms with Gasteiger partial charge < -0.3 is 20.1 Å². The van der Waals surface area contributed by atoms with E-state index in [0.29, 0.717) is 23.7 Å². The van der Waals surface area contributed by atoms with Crippen LogP contribution in [-0.2, 0) is 17.6 Å². The number of amides is 1. The first-order valence-corrected chi connectivity index (χ1v) is 14.1. The number of aromatic nitrogens is 1. The van der Waals surface area contributed by atoms with Gasteiger partial charge in [0.15, 0.2) is 0 Å². The topological polar surface area (TPSA) is 103 Å². The molecule has 4 rings (SSSR count). The normalized spacial score (nSPS) is 15.3. The summed E-state index contributed by atoms with van der Waals surface area (Å²) in [6.07, 6.45) is 11.2. The Balaban J connectivity index is 0.000000353. The lowest BCUT2D eigenvalue weighted by molar-refractivity contribution is 0.0697. The molecule has 1 aliphatic rings. The molecule has 210 valence electrons. The Morgan fingerprint density at radius 2 is 2.00 bits per heavy atom. The van der Waals surface area contributed by atoms with Crippen LogP contribution in [0.4, 0.5) is 10.5 Å². The predicted molar refractivity (Wildman–Crippen MR) is 159 cm³/mol. The maximum atomic E-state index is 12.1. The molecule has 1 aliphatic carbocycles. The summed E-state index contributed by atoms with van der Waals surface area (Å²) in [5.74, 6) is -0.934. The summed E-state index contributed by atoms with van der Waals surface area (Å²) in [5.41, 5.74) is 4.90. The van der Waals surface area contributed by atoms with Crippen molar-refractivity contribution in [1.29, 1.82) is 0 Å². The van der Waals surface area contributed by atoms with Gasteiger partial charge in [-0.2, -0.15) is 0 Å². The van der Waals surface area contributed by atoms with Gasteiger partial charge in [-0.3, -0.25) is 5.32 Å². The molecule has 0 bridgehead atoms. The molecule has 7 nitrogen and oxygen atoms in total. The van der Waals surface area contributed by atoms with Crippen LogP contribution in [0.2, 0.25) is 5.02 Å². The van der Waals surface area contributed by atoms with E-state index in [2.05, 4.69) is 47.7 Å². The Morgan fingerprint density at radius 3 is 2.69 bits per heavy atom. The van der Waals surface area contributed by atoms with Crippen LogP contribution in [0.25, 0.3) is 10.9 Å². The zero-order valence-electron chi connectivity index (χ0n) is 23.1. The summed E-state index contributed by atoms with van der Waals surface area (Å²) >= 11 is 5.52. The number of rotatable bonds is 10. The number of unbranched alkanes of at least 4 members (excludes halogenated alkanes) is 1. The highest BCUT2D eigenvalue weighted by molar-refractivity contribution is 6.30. The average Bonchev–Trinajstić information content (AvgIpc) is 3.26. The molecule has 1 heterocycles. The molecule has 0 spiro atoms. The molecule has 0 saturated carbocycles. The second kappa shape index (κ2) is 15.3. The van der Waals surface area contributed by atoms with E-state index in [1.54, 1.807) is 12.1 Å². The van der Waals surface area contributed by atoms with E-state index in [-0.39, 0.29) is 11.7 Å². The van der Waals surface area contributed by atoms with Gasteiger partial charge in [0.2, 0.25) is 0 Å². The first kappa shape index (κ1) is 30.3. The maximum absolute atomic E-state index is 12.1. The van der Waals surface area contributed by atoms with E-state index in [0.717, 1.165) is 36.9 Å². The van der Waals surface area contributed by atoms with Crippen molar-refractivity contribution >= 4 is 40.3 Å². The van der Waals surface area contributed by atoms with Crippen LogP contribution in [0.15, 0.2) is 54.6 Å². The summed E-state index contributed by atoms with van der Waals surface area (Å²) in [7, 11) is 0. The van der Waals surface area contributed by atoms with Gasteiger partial charge in [-0.05, 0) is 100 Å². The highest BCUT2D eigenvalue weighted by Crippen LogP contribution is 2.31. The second-order valence-electron chi connectivity index (χ2n) is 9.92. The Hall–Kier alpha value is -3.29. The van der Waals surface area contributed by atoms with Crippen LogP contribution in [-0.4, -0.2) is 40.8 Å². The fourth-order valence-electron chi connectivity index (χ4n) is 4.83. The number of hydrogen-bond donors (Lipinski definition) is 4. The van der Waals surface area contributed by atoms with Crippen LogP contribution in [0.5, 0.6) is 0 Å². The molecule has 3 aromatic rings. The quantitative estimate of drug-likeness (QED) is 0.152. The molecule has 2 aromatic carbocycles. The fourth-order valence-corrected chi connectivity index (χ4v) is 4.96. The van der Waals surface area contributed by atoms with Gasteiger partial charge in [0, 0.05) is 39.4 Å². The van der Waals surface area contributed by atoms with E-state index >= 15 is 0 Å². The molecule has 0 aliphatic heterocycles. The zero-order chi connectivity index (χ0) is 28.2. The number of ether oxygens (including phenoxy) is 1. The lowest BCUT2D eigenvalue weighted by Crippen LogP contribution is -2.40. The van der Waals surface area contributed by atoms with Gasteiger partial charge >= 0.3 is 12.1 Å². The van der Waals surface area contributed by atoms with Gasteiger partial charge in [-0.1, -0.05) is 37.1 Å². The molecule has 1 aromatic heterocycles. The minimum absolute atomic E-state index is 0.254. The number of carbonyl (C=O) groups is 2. The third-order valence-electron chi connectivity index (χ3n) is 6.75. The van der Waals surface area contributed by atoms with Crippen molar-refractivity contribution in [2.24, 2.45) is 0 Å². The van der Waals surface area contributed by atoms with Crippen molar-refractivity contribution in [3.05, 3.63) is 76.5 Å². The lowest BCUT2D eigenvalue weighted by Gasteiger charge is -2.27. The Bertz CT molecular complexity index is 1250. The number of aromatic carboxylic acids is 1. The fraction of sp³-hybridized carbons (Fsp3) is 0.419. The Morgan fingerprint density at radius 1 is 1.23 bits per heavy atom. The first-order valence-electron chi connectivity index (χ1n) is 13.7. The Labute approximate surface area is 236 Å². The molecule has 4 N–H and O–H groups in total. The standard InChI is InChI=1S/C24H35N3O2.C7H5ClO2/c1-4-6-7-8-14-29-24(28)26-19-11-13-23-21(16-19)20-15-18(10-12-22(20)27-23)25-17(3)9-5-2;8-6-3-1-5(2-4-6)7(9)10/h4,6,11,13,16-18,25,27H,5,7-10,12,14-15H2,1-3H3,(H,26,28);1-4H,(H,9,10).